The summed E-state index contributed by atoms with van der Waals surface area (Å²) in [6.07, 6.45) is 0.844. The molecule has 1 aromatic carbocycles. The highest BCUT2D eigenvalue weighted by Gasteiger charge is 2.41. The number of nitrogens with zero attached hydrogens (tertiary/aromatic N) is 1. The quantitative estimate of drug-likeness (QED) is 0.831. The highest BCUT2D eigenvalue weighted by molar-refractivity contribution is 5.82. The zero-order chi connectivity index (χ0) is 11.7. The van der Waals surface area contributed by atoms with Gasteiger partial charge in [0, 0.05) is 19.6 Å². The summed E-state index contributed by atoms with van der Waals surface area (Å²) < 4.78 is 0. The van der Waals surface area contributed by atoms with Crippen LogP contribution >= 0.6 is 0 Å². The van der Waals surface area contributed by atoms with Crippen LogP contribution in [-0.4, -0.2) is 23.9 Å². The van der Waals surface area contributed by atoms with Gasteiger partial charge in [0.2, 0.25) is 5.91 Å². The summed E-state index contributed by atoms with van der Waals surface area (Å²) in [5.41, 5.74) is 8.07. The molecule has 1 aromatic rings. The fraction of sp³-hybridized carbons (Fsp3) is 0.462. The molecule has 3 heteroatoms. The second kappa shape index (κ2) is 4.26. The second-order valence-corrected chi connectivity index (χ2v) is 4.69. The van der Waals surface area contributed by atoms with Crippen LogP contribution in [0.2, 0.25) is 0 Å². The van der Waals surface area contributed by atoms with Gasteiger partial charge < -0.3 is 10.6 Å². The fourth-order valence-electron chi connectivity index (χ4n) is 1.83. The first-order valence-electron chi connectivity index (χ1n) is 5.64. The van der Waals surface area contributed by atoms with Crippen molar-refractivity contribution in [2.24, 2.45) is 11.7 Å². The number of nitrogens with two attached hydrogens (primary N) is 1. The van der Waals surface area contributed by atoms with Crippen LogP contribution in [-0.2, 0) is 11.3 Å². The predicted octanol–water partition coefficient (Wildman–Crippen LogP) is 1.30. The lowest BCUT2D eigenvalue weighted by atomic mass is 10.1. The monoisotopic (exact) mass is 218 g/mol. The van der Waals surface area contributed by atoms with E-state index in [1.165, 1.54) is 5.56 Å². The Kier molecular flexibility index (Phi) is 2.97. The molecule has 16 heavy (non-hydrogen) atoms. The largest absolute Gasteiger partial charge is 0.341 e. The molecule has 1 amide bonds. The Hall–Kier alpha value is -1.35. The molecule has 0 saturated heterocycles. The Labute approximate surface area is 96.2 Å². The molecule has 2 atom stereocenters. The summed E-state index contributed by atoms with van der Waals surface area (Å²) in [5, 5.41) is 0. The smallest absolute Gasteiger partial charge is 0.227 e. The Morgan fingerprint density at radius 2 is 2.00 bits per heavy atom. The minimum Gasteiger partial charge on any atom is -0.341 e. The maximum absolute atomic E-state index is 11.8. The van der Waals surface area contributed by atoms with Gasteiger partial charge in [-0.3, -0.25) is 4.79 Å². The summed E-state index contributed by atoms with van der Waals surface area (Å²) in [6, 6.07) is 8.35. The van der Waals surface area contributed by atoms with Gasteiger partial charge in [-0.1, -0.05) is 29.8 Å². The van der Waals surface area contributed by atoms with Gasteiger partial charge in [-0.05, 0) is 18.9 Å². The average Bonchev–Trinajstić information content (AvgIpc) is 2.98. The van der Waals surface area contributed by atoms with Crippen molar-refractivity contribution in [1.29, 1.82) is 0 Å². The van der Waals surface area contributed by atoms with Crippen molar-refractivity contribution in [3.05, 3.63) is 35.4 Å². The normalized spacial score (nSPS) is 22.9. The first-order valence-corrected chi connectivity index (χ1v) is 5.64. The van der Waals surface area contributed by atoms with Gasteiger partial charge in [-0.25, -0.2) is 0 Å². The summed E-state index contributed by atoms with van der Waals surface area (Å²) in [5.74, 6) is 0.239. The van der Waals surface area contributed by atoms with Crippen molar-refractivity contribution >= 4 is 5.91 Å². The minimum atomic E-state index is 0.0652. The zero-order valence-electron chi connectivity index (χ0n) is 9.81. The van der Waals surface area contributed by atoms with Crippen LogP contribution in [0.15, 0.2) is 24.3 Å². The summed E-state index contributed by atoms with van der Waals surface area (Å²) in [4.78, 5) is 13.6. The molecule has 0 heterocycles. The average molecular weight is 218 g/mol. The zero-order valence-corrected chi connectivity index (χ0v) is 9.81. The third-order valence-electron chi connectivity index (χ3n) is 3.07. The standard InChI is InChI=1S/C13H18N2O/c1-9-3-5-10(6-4-9)8-15(2)13(16)11-7-12(11)14/h3-6,11-12H,7-8,14H2,1-2H3. The van der Waals surface area contributed by atoms with Gasteiger partial charge in [0.05, 0.1) is 5.92 Å². The van der Waals surface area contributed by atoms with Crippen LogP contribution in [0, 0.1) is 12.8 Å². The van der Waals surface area contributed by atoms with Crippen molar-refractivity contribution in [3.63, 3.8) is 0 Å². The number of hydrogen-bond acceptors (Lipinski definition) is 2. The van der Waals surface area contributed by atoms with E-state index in [4.69, 9.17) is 5.73 Å². The third kappa shape index (κ3) is 2.42. The number of rotatable bonds is 3. The lowest BCUT2D eigenvalue weighted by Gasteiger charge is -2.17. The first kappa shape index (κ1) is 11.1. The van der Waals surface area contributed by atoms with Crippen molar-refractivity contribution in [2.75, 3.05) is 7.05 Å². The van der Waals surface area contributed by atoms with Crippen molar-refractivity contribution < 1.29 is 4.79 Å². The number of carbonyl (C=O) groups is 1. The summed E-state index contributed by atoms with van der Waals surface area (Å²) >= 11 is 0. The molecule has 1 aliphatic carbocycles. The second-order valence-electron chi connectivity index (χ2n) is 4.69. The summed E-state index contributed by atoms with van der Waals surface area (Å²) in [6.45, 7) is 2.73. The fourth-order valence-corrected chi connectivity index (χ4v) is 1.83. The number of benzene rings is 1. The predicted molar refractivity (Wildman–Crippen MR) is 63.7 cm³/mol. The topological polar surface area (TPSA) is 46.3 Å². The lowest BCUT2D eigenvalue weighted by Crippen LogP contribution is -2.29. The molecular weight excluding hydrogens is 200 g/mol. The Bertz CT molecular complexity index is 385. The van der Waals surface area contributed by atoms with Crippen LogP contribution < -0.4 is 5.73 Å². The number of aryl methyl sites for hydroxylation is 1. The molecule has 0 bridgehead atoms. The van der Waals surface area contributed by atoms with Gasteiger partial charge in [0.1, 0.15) is 0 Å². The van der Waals surface area contributed by atoms with E-state index in [9.17, 15) is 4.79 Å². The molecule has 0 spiro atoms. The van der Waals surface area contributed by atoms with E-state index in [0.29, 0.717) is 6.54 Å². The van der Waals surface area contributed by atoms with E-state index < -0.39 is 0 Å². The molecular formula is C13H18N2O. The van der Waals surface area contributed by atoms with Crippen molar-refractivity contribution in [3.8, 4) is 0 Å². The first-order chi connectivity index (χ1) is 7.58. The SMILES string of the molecule is Cc1ccc(CN(C)C(=O)C2CC2N)cc1. The van der Waals surface area contributed by atoms with Crippen LogP contribution in [0.1, 0.15) is 17.5 Å². The van der Waals surface area contributed by atoms with E-state index in [1.54, 1.807) is 4.90 Å². The molecule has 1 saturated carbocycles. The van der Waals surface area contributed by atoms with Crippen LogP contribution in [0.3, 0.4) is 0 Å². The molecule has 1 fully saturated rings. The number of amides is 1. The highest BCUT2D eigenvalue weighted by atomic mass is 16.2. The van der Waals surface area contributed by atoms with Crippen LogP contribution in [0.5, 0.6) is 0 Å². The van der Waals surface area contributed by atoms with Gasteiger partial charge >= 0.3 is 0 Å². The lowest BCUT2D eigenvalue weighted by molar-refractivity contribution is -0.131. The highest BCUT2D eigenvalue weighted by Crippen LogP contribution is 2.29. The third-order valence-corrected chi connectivity index (χ3v) is 3.07. The van der Waals surface area contributed by atoms with E-state index in [1.807, 2.05) is 7.05 Å². The van der Waals surface area contributed by atoms with Crippen LogP contribution in [0.4, 0.5) is 0 Å². The number of hydrogen-bond donors (Lipinski definition) is 1. The molecule has 0 aromatic heterocycles. The van der Waals surface area contributed by atoms with Crippen molar-refractivity contribution in [1.82, 2.24) is 4.90 Å². The van der Waals surface area contributed by atoms with Crippen molar-refractivity contribution in [2.45, 2.75) is 25.9 Å². The molecule has 0 aliphatic heterocycles. The van der Waals surface area contributed by atoms with Gasteiger partial charge in [0.15, 0.2) is 0 Å². The minimum absolute atomic E-state index is 0.0652. The molecule has 3 nitrogen and oxygen atoms in total. The molecule has 2 N–H and O–H groups in total. The Balaban J connectivity index is 1.94. The Morgan fingerprint density at radius 1 is 1.44 bits per heavy atom. The van der Waals surface area contributed by atoms with E-state index in [2.05, 4.69) is 31.2 Å². The van der Waals surface area contributed by atoms with E-state index in [-0.39, 0.29) is 17.9 Å². The van der Waals surface area contributed by atoms with E-state index >= 15 is 0 Å². The van der Waals surface area contributed by atoms with Gasteiger partial charge in [0.25, 0.3) is 0 Å². The van der Waals surface area contributed by atoms with Crippen LogP contribution in [0.25, 0.3) is 0 Å². The van der Waals surface area contributed by atoms with Gasteiger partial charge in [-0.15, -0.1) is 0 Å². The molecule has 2 rings (SSSR count). The molecule has 1 aliphatic rings. The maximum atomic E-state index is 11.8. The maximum Gasteiger partial charge on any atom is 0.227 e. The Morgan fingerprint density at radius 3 is 2.50 bits per heavy atom. The van der Waals surface area contributed by atoms with Gasteiger partial charge in [-0.2, -0.15) is 0 Å². The number of carbonyl (C=O) groups excluding carboxylic acids is 1. The molecule has 2 unspecified atom stereocenters. The van der Waals surface area contributed by atoms with E-state index in [0.717, 1.165) is 12.0 Å². The molecule has 86 valence electrons. The molecule has 0 radical (unpaired) electrons. The summed E-state index contributed by atoms with van der Waals surface area (Å²) in [7, 11) is 1.84.